The van der Waals surface area contributed by atoms with Crippen LogP contribution in [0.1, 0.15) is 20.3 Å². The molecule has 0 N–H and O–H groups in total. The Morgan fingerprint density at radius 1 is 1.58 bits per heavy atom. The molecule has 0 aromatic carbocycles. The molecule has 1 heterocycles. The number of nitrogens with zero attached hydrogens (tertiary/aromatic N) is 1. The molecule has 3 nitrogen and oxygen atoms in total. The molecule has 0 aliphatic carbocycles. The minimum Gasteiger partial charge on any atom is -0.273 e. The summed E-state index contributed by atoms with van der Waals surface area (Å²) < 4.78 is 0.917. The Labute approximate surface area is 81.4 Å². The van der Waals surface area contributed by atoms with E-state index in [-0.39, 0.29) is 17.1 Å². The van der Waals surface area contributed by atoms with Crippen molar-refractivity contribution in [3.8, 4) is 0 Å². The second-order valence-electron chi connectivity index (χ2n) is 2.92. The summed E-state index contributed by atoms with van der Waals surface area (Å²) in [6, 6.07) is 0. The van der Waals surface area contributed by atoms with Crippen LogP contribution in [0, 0.1) is 0 Å². The zero-order valence-corrected chi connectivity index (χ0v) is 8.69. The van der Waals surface area contributed by atoms with Gasteiger partial charge < -0.3 is 0 Å². The first-order valence-corrected chi connectivity index (χ1v) is 5.07. The fourth-order valence-corrected chi connectivity index (χ4v) is 2.44. The smallest absolute Gasteiger partial charge is 0.252 e. The quantitative estimate of drug-likeness (QED) is 0.542. The lowest BCUT2D eigenvalue weighted by Crippen LogP contribution is -2.22. The van der Waals surface area contributed by atoms with Crippen molar-refractivity contribution in [2.24, 2.45) is 0 Å². The largest absolute Gasteiger partial charge is 0.273 e. The van der Waals surface area contributed by atoms with Crippen molar-refractivity contribution in [3.63, 3.8) is 0 Å². The Kier molecular flexibility index (Phi) is 3.06. The van der Waals surface area contributed by atoms with E-state index in [1.807, 2.05) is 13.8 Å². The molecule has 0 aromatic heterocycles. The second kappa shape index (κ2) is 3.70. The molecule has 68 valence electrons. The van der Waals surface area contributed by atoms with Crippen LogP contribution in [-0.2, 0) is 9.59 Å². The highest BCUT2D eigenvalue weighted by Gasteiger charge is 2.37. The van der Waals surface area contributed by atoms with Crippen molar-refractivity contribution in [1.82, 2.24) is 4.31 Å². The number of carbonyl (C=O) groups is 2. The number of amides is 2. The summed E-state index contributed by atoms with van der Waals surface area (Å²) in [6.07, 6.45) is 0.297. The summed E-state index contributed by atoms with van der Waals surface area (Å²) in [6.45, 7) is 4.01. The van der Waals surface area contributed by atoms with Crippen LogP contribution in [-0.4, -0.2) is 26.6 Å². The molecule has 1 fully saturated rings. The summed E-state index contributed by atoms with van der Waals surface area (Å²) in [5, 5.41) is 0.154. The van der Waals surface area contributed by atoms with Crippen LogP contribution in [0.15, 0.2) is 0 Å². The molecular formula is C7H11NO2S2. The van der Waals surface area contributed by atoms with E-state index in [1.165, 1.54) is 11.8 Å². The monoisotopic (exact) mass is 205 g/mol. The number of rotatable bonds is 2. The average molecular weight is 205 g/mol. The van der Waals surface area contributed by atoms with Gasteiger partial charge in [-0.25, -0.2) is 4.31 Å². The van der Waals surface area contributed by atoms with Gasteiger partial charge >= 0.3 is 0 Å². The van der Waals surface area contributed by atoms with Crippen molar-refractivity contribution in [2.45, 2.75) is 30.8 Å². The molecule has 1 atom stereocenters. The van der Waals surface area contributed by atoms with E-state index in [4.69, 9.17) is 0 Å². The van der Waals surface area contributed by atoms with Crippen LogP contribution in [0.25, 0.3) is 0 Å². The summed E-state index contributed by atoms with van der Waals surface area (Å²) in [5.74, 6) is -0.372. The van der Waals surface area contributed by atoms with Gasteiger partial charge in [0.1, 0.15) is 0 Å². The summed E-state index contributed by atoms with van der Waals surface area (Å²) in [7, 11) is 0. The van der Waals surface area contributed by atoms with Gasteiger partial charge in [0.2, 0.25) is 5.91 Å². The van der Waals surface area contributed by atoms with E-state index in [2.05, 4.69) is 12.8 Å². The molecule has 0 aromatic rings. The molecule has 1 unspecified atom stereocenters. The predicted octanol–water partition coefficient (Wildman–Crippen LogP) is 1.10. The zero-order chi connectivity index (χ0) is 9.30. The maximum absolute atomic E-state index is 11.3. The van der Waals surface area contributed by atoms with E-state index in [0.717, 1.165) is 4.31 Å². The first-order chi connectivity index (χ1) is 5.52. The molecule has 1 rings (SSSR count). The number of thiol groups is 1. The van der Waals surface area contributed by atoms with E-state index < -0.39 is 0 Å². The summed E-state index contributed by atoms with van der Waals surface area (Å²) in [4.78, 5) is 22.3. The van der Waals surface area contributed by atoms with Crippen molar-refractivity contribution < 1.29 is 9.59 Å². The second-order valence-corrected chi connectivity index (χ2v) is 5.11. The van der Waals surface area contributed by atoms with Crippen LogP contribution in [0.2, 0.25) is 0 Å². The molecule has 12 heavy (non-hydrogen) atoms. The lowest BCUT2D eigenvalue weighted by molar-refractivity contribution is -0.131. The van der Waals surface area contributed by atoms with Gasteiger partial charge in [-0.15, -0.1) is 11.8 Å². The van der Waals surface area contributed by atoms with Crippen LogP contribution in [0.3, 0.4) is 0 Å². The molecule has 0 bridgehead atoms. The topological polar surface area (TPSA) is 37.4 Å². The summed E-state index contributed by atoms with van der Waals surface area (Å²) >= 11 is 5.30. The fraction of sp³-hybridized carbons (Fsp3) is 0.714. The first kappa shape index (κ1) is 9.92. The molecular weight excluding hydrogens is 194 g/mol. The molecule has 0 spiro atoms. The van der Waals surface area contributed by atoms with Gasteiger partial charge in [0.25, 0.3) is 5.91 Å². The third kappa shape index (κ3) is 1.95. The molecule has 1 saturated heterocycles. The molecule has 0 radical (unpaired) electrons. The van der Waals surface area contributed by atoms with Crippen molar-refractivity contribution in [3.05, 3.63) is 0 Å². The van der Waals surface area contributed by atoms with Crippen LogP contribution >= 0.6 is 24.6 Å². The minimum atomic E-state index is -0.213. The normalized spacial score (nSPS) is 24.3. The Morgan fingerprint density at radius 3 is 2.50 bits per heavy atom. The molecule has 5 heteroatoms. The molecule has 0 saturated carbocycles. The van der Waals surface area contributed by atoms with E-state index in [0.29, 0.717) is 11.7 Å². The van der Waals surface area contributed by atoms with Gasteiger partial charge in [0.15, 0.2) is 0 Å². The minimum absolute atomic E-state index is 0.179. The molecule has 1 aliphatic rings. The standard InChI is InChI=1S/C7H11NO2S2/c1-4(2)12-5-3-6(9)8(11)7(5)10/h4-5,11H,3H2,1-2H3. The Hall–Kier alpha value is -0.160. The number of hydrogen-bond acceptors (Lipinski definition) is 4. The number of imide groups is 1. The van der Waals surface area contributed by atoms with Gasteiger partial charge in [-0.2, -0.15) is 0 Å². The van der Waals surface area contributed by atoms with Crippen molar-refractivity contribution >= 4 is 36.4 Å². The third-order valence-corrected chi connectivity index (χ3v) is 3.18. The molecule has 2 amide bonds. The van der Waals surface area contributed by atoms with Gasteiger partial charge in [-0.3, -0.25) is 9.59 Å². The lowest BCUT2D eigenvalue weighted by atomic mass is 10.4. The number of carbonyl (C=O) groups excluding carboxylic acids is 2. The van der Waals surface area contributed by atoms with E-state index >= 15 is 0 Å². The average Bonchev–Trinajstić information content (AvgIpc) is 2.17. The van der Waals surface area contributed by atoms with Gasteiger partial charge in [-0.1, -0.05) is 26.7 Å². The Bertz CT molecular complexity index is 217. The first-order valence-electron chi connectivity index (χ1n) is 3.73. The Morgan fingerprint density at radius 2 is 2.17 bits per heavy atom. The van der Waals surface area contributed by atoms with Gasteiger partial charge in [0, 0.05) is 6.42 Å². The van der Waals surface area contributed by atoms with E-state index in [9.17, 15) is 9.59 Å². The zero-order valence-electron chi connectivity index (χ0n) is 6.98. The maximum Gasteiger partial charge on any atom is 0.252 e. The van der Waals surface area contributed by atoms with Crippen LogP contribution in [0.5, 0.6) is 0 Å². The number of hydrogen-bond donors (Lipinski definition) is 1. The SMILES string of the molecule is CC(C)SC1CC(=O)N(S)C1=O. The highest BCUT2D eigenvalue weighted by Crippen LogP contribution is 2.28. The number of thioether (sulfide) groups is 1. The lowest BCUT2D eigenvalue weighted by Gasteiger charge is -2.09. The van der Waals surface area contributed by atoms with Crippen LogP contribution in [0.4, 0.5) is 0 Å². The predicted molar refractivity (Wildman–Crippen MR) is 52.0 cm³/mol. The van der Waals surface area contributed by atoms with E-state index in [1.54, 1.807) is 0 Å². The van der Waals surface area contributed by atoms with Crippen molar-refractivity contribution in [2.75, 3.05) is 0 Å². The third-order valence-electron chi connectivity index (χ3n) is 1.52. The van der Waals surface area contributed by atoms with Crippen molar-refractivity contribution in [1.29, 1.82) is 0 Å². The van der Waals surface area contributed by atoms with Gasteiger partial charge in [0.05, 0.1) is 5.25 Å². The van der Waals surface area contributed by atoms with Gasteiger partial charge in [-0.05, 0) is 5.25 Å². The summed E-state index contributed by atoms with van der Waals surface area (Å²) in [5.41, 5.74) is 0. The molecule has 1 aliphatic heterocycles. The highest BCUT2D eigenvalue weighted by molar-refractivity contribution is 8.01. The highest BCUT2D eigenvalue weighted by atomic mass is 32.2. The fourth-order valence-electron chi connectivity index (χ4n) is 1.03. The van der Waals surface area contributed by atoms with Crippen LogP contribution < -0.4 is 0 Å². The Balaban J connectivity index is 2.59. The maximum atomic E-state index is 11.3.